The molecule has 0 amide bonds. The molecule has 5 nitrogen and oxygen atoms in total. The minimum atomic E-state index is 0.0971. The molecule has 0 saturated carbocycles. The van der Waals surface area contributed by atoms with Crippen LogP contribution in [-0.4, -0.2) is 30.2 Å². The van der Waals surface area contributed by atoms with Gasteiger partial charge in [-0.1, -0.05) is 25.4 Å². The highest BCUT2D eigenvalue weighted by Gasteiger charge is 2.18. The zero-order chi connectivity index (χ0) is 12.9. The summed E-state index contributed by atoms with van der Waals surface area (Å²) < 4.78 is 5.07. The summed E-state index contributed by atoms with van der Waals surface area (Å²) in [6.45, 7) is 5.78. The van der Waals surface area contributed by atoms with Gasteiger partial charge in [-0.3, -0.25) is 0 Å². The summed E-state index contributed by atoms with van der Waals surface area (Å²) in [5.41, 5.74) is 6.25. The highest BCUT2D eigenvalue weighted by molar-refractivity contribution is 6.32. The number of nitrogen functional groups attached to an aromatic ring is 1. The number of nitrogens with zero attached hydrogens (tertiary/aromatic N) is 2. The van der Waals surface area contributed by atoms with Gasteiger partial charge in [0.05, 0.1) is 0 Å². The van der Waals surface area contributed by atoms with E-state index < -0.39 is 0 Å². The normalized spacial score (nSPS) is 11.5. The van der Waals surface area contributed by atoms with Gasteiger partial charge in [-0.15, -0.1) is 0 Å². The van der Waals surface area contributed by atoms with E-state index in [4.69, 9.17) is 22.1 Å². The van der Waals surface area contributed by atoms with Crippen LogP contribution in [0.5, 0.6) is 0 Å². The van der Waals surface area contributed by atoms with Gasteiger partial charge in [0.1, 0.15) is 12.0 Å². The Labute approximate surface area is 107 Å². The third-order valence-corrected chi connectivity index (χ3v) is 2.85. The van der Waals surface area contributed by atoms with Crippen molar-refractivity contribution in [3.63, 3.8) is 0 Å². The predicted molar refractivity (Wildman–Crippen MR) is 70.2 cm³/mol. The van der Waals surface area contributed by atoms with Crippen molar-refractivity contribution >= 4 is 23.1 Å². The fourth-order valence-electron chi connectivity index (χ4n) is 1.30. The second kappa shape index (κ2) is 6.02. The Bertz CT molecular complexity index is 370. The molecule has 1 rings (SSSR count). The number of methoxy groups -OCH3 is 1. The van der Waals surface area contributed by atoms with Crippen molar-refractivity contribution < 1.29 is 4.74 Å². The van der Waals surface area contributed by atoms with Crippen molar-refractivity contribution in [1.82, 2.24) is 9.97 Å². The summed E-state index contributed by atoms with van der Waals surface area (Å²) >= 11 is 5.81. The van der Waals surface area contributed by atoms with Crippen LogP contribution in [0.2, 0.25) is 5.15 Å². The monoisotopic (exact) mass is 258 g/mol. The van der Waals surface area contributed by atoms with Gasteiger partial charge in [0, 0.05) is 20.3 Å². The molecule has 0 aliphatic carbocycles. The number of ether oxygens (including phenoxy) is 1. The third kappa shape index (κ3) is 4.36. The minimum Gasteiger partial charge on any atom is -0.393 e. The molecule has 17 heavy (non-hydrogen) atoms. The Hall–Kier alpha value is -1.07. The molecule has 96 valence electrons. The number of aromatic nitrogens is 2. The Morgan fingerprint density at radius 1 is 1.47 bits per heavy atom. The van der Waals surface area contributed by atoms with E-state index in [2.05, 4.69) is 29.1 Å². The zero-order valence-corrected chi connectivity index (χ0v) is 11.2. The van der Waals surface area contributed by atoms with Crippen molar-refractivity contribution in [3.8, 4) is 0 Å². The SMILES string of the molecule is COCCC(C)(C)CNc1ncnc(Cl)c1N. The molecule has 3 N–H and O–H groups in total. The quantitative estimate of drug-likeness (QED) is 0.765. The fraction of sp³-hybridized carbons (Fsp3) is 0.636. The van der Waals surface area contributed by atoms with Crippen molar-refractivity contribution in [2.24, 2.45) is 5.41 Å². The number of hydrogen-bond donors (Lipinski definition) is 2. The molecule has 0 spiro atoms. The zero-order valence-electron chi connectivity index (χ0n) is 10.5. The molecule has 1 heterocycles. The molecule has 1 aromatic heterocycles. The van der Waals surface area contributed by atoms with E-state index in [1.807, 2.05) is 0 Å². The van der Waals surface area contributed by atoms with Gasteiger partial charge in [0.2, 0.25) is 0 Å². The molecule has 0 aliphatic heterocycles. The Morgan fingerprint density at radius 2 is 2.18 bits per heavy atom. The minimum absolute atomic E-state index is 0.0971. The van der Waals surface area contributed by atoms with Gasteiger partial charge in [-0.2, -0.15) is 0 Å². The molecule has 0 aromatic carbocycles. The van der Waals surface area contributed by atoms with Gasteiger partial charge in [0.25, 0.3) is 0 Å². The topological polar surface area (TPSA) is 73.1 Å². The second-order valence-electron chi connectivity index (χ2n) is 4.69. The lowest BCUT2D eigenvalue weighted by molar-refractivity contribution is 0.157. The summed E-state index contributed by atoms with van der Waals surface area (Å²) in [4.78, 5) is 7.86. The van der Waals surface area contributed by atoms with Gasteiger partial charge in [-0.05, 0) is 11.8 Å². The average molecular weight is 259 g/mol. The first-order valence-electron chi connectivity index (χ1n) is 5.45. The van der Waals surface area contributed by atoms with Crippen LogP contribution in [0.15, 0.2) is 6.33 Å². The van der Waals surface area contributed by atoms with Crippen LogP contribution < -0.4 is 11.1 Å². The van der Waals surface area contributed by atoms with E-state index in [0.29, 0.717) is 11.5 Å². The molecule has 0 fully saturated rings. The highest BCUT2D eigenvalue weighted by Crippen LogP contribution is 2.25. The maximum atomic E-state index is 5.81. The fourth-order valence-corrected chi connectivity index (χ4v) is 1.44. The molecule has 6 heteroatoms. The van der Waals surface area contributed by atoms with E-state index in [0.717, 1.165) is 19.6 Å². The molecule has 0 saturated heterocycles. The van der Waals surface area contributed by atoms with Gasteiger partial charge in [-0.25, -0.2) is 9.97 Å². The number of rotatable bonds is 6. The van der Waals surface area contributed by atoms with Crippen LogP contribution in [0.3, 0.4) is 0 Å². The summed E-state index contributed by atoms with van der Waals surface area (Å²) in [7, 11) is 1.70. The lowest BCUT2D eigenvalue weighted by Crippen LogP contribution is -2.25. The van der Waals surface area contributed by atoms with E-state index in [1.165, 1.54) is 6.33 Å². The standard InChI is InChI=1S/C11H19ClN4O/c1-11(2,4-5-17-3)6-14-10-8(13)9(12)15-7-16-10/h7H,4-6,13H2,1-3H3,(H,14,15,16). The van der Waals surface area contributed by atoms with E-state index in [1.54, 1.807) is 7.11 Å². The van der Waals surface area contributed by atoms with Crippen LogP contribution in [0, 0.1) is 5.41 Å². The number of nitrogens with two attached hydrogens (primary N) is 1. The number of hydrogen-bond acceptors (Lipinski definition) is 5. The Balaban J connectivity index is 2.58. The van der Waals surface area contributed by atoms with E-state index in [9.17, 15) is 0 Å². The second-order valence-corrected chi connectivity index (χ2v) is 5.05. The predicted octanol–water partition coefficient (Wildman–Crippen LogP) is 2.19. The van der Waals surface area contributed by atoms with E-state index >= 15 is 0 Å². The summed E-state index contributed by atoms with van der Waals surface area (Å²) in [6, 6.07) is 0. The first-order chi connectivity index (χ1) is 7.96. The Morgan fingerprint density at radius 3 is 2.82 bits per heavy atom. The van der Waals surface area contributed by atoms with Crippen molar-refractivity contribution in [2.45, 2.75) is 20.3 Å². The van der Waals surface area contributed by atoms with Crippen LogP contribution >= 0.6 is 11.6 Å². The first-order valence-corrected chi connectivity index (χ1v) is 5.83. The van der Waals surface area contributed by atoms with E-state index in [-0.39, 0.29) is 10.6 Å². The lowest BCUT2D eigenvalue weighted by Gasteiger charge is -2.25. The number of anilines is 2. The van der Waals surface area contributed by atoms with Crippen LogP contribution in [0.1, 0.15) is 20.3 Å². The molecular weight excluding hydrogens is 240 g/mol. The summed E-state index contributed by atoms with van der Waals surface area (Å²) in [6.07, 6.45) is 2.35. The average Bonchev–Trinajstić information content (AvgIpc) is 2.29. The lowest BCUT2D eigenvalue weighted by atomic mass is 9.90. The molecule has 0 bridgehead atoms. The van der Waals surface area contributed by atoms with Crippen molar-refractivity contribution in [3.05, 3.63) is 11.5 Å². The van der Waals surface area contributed by atoms with Crippen LogP contribution in [-0.2, 0) is 4.74 Å². The molecule has 0 unspecified atom stereocenters. The maximum absolute atomic E-state index is 5.81. The van der Waals surface area contributed by atoms with Crippen molar-refractivity contribution in [2.75, 3.05) is 31.3 Å². The molecule has 0 radical (unpaired) electrons. The highest BCUT2D eigenvalue weighted by atomic mass is 35.5. The summed E-state index contributed by atoms with van der Waals surface area (Å²) in [5.74, 6) is 0.579. The third-order valence-electron chi connectivity index (χ3n) is 2.55. The largest absolute Gasteiger partial charge is 0.393 e. The number of halogens is 1. The van der Waals surface area contributed by atoms with Crippen LogP contribution in [0.4, 0.5) is 11.5 Å². The molecule has 0 atom stereocenters. The molecular formula is C11H19ClN4O. The molecule has 0 aliphatic rings. The molecule has 1 aromatic rings. The maximum Gasteiger partial charge on any atom is 0.157 e. The summed E-state index contributed by atoms with van der Waals surface area (Å²) in [5, 5.41) is 3.46. The first kappa shape index (κ1) is 14.0. The van der Waals surface area contributed by atoms with Gasteiger partial charge >= 0.3 is 0 Å². The number of nitrogens with one attached hydrogen (secondary N) is 1. The van der Waals surface area contributed by atoms with Gasteiger partial charge in [0.15, 0.2) is 11.0 Å². The van der Waals surface area contributed by atoms with Crippen LogP contribution in [0.25, 0.3) is 0 Å². The smallest absolute Gasteiger partial charge is 0.157 e. The van der Waals surface area contributed by atoms with Crippen molar-refractivity contribution in [1.29, 1.82) is 0 Å². The Kier molecular flexibility index (Phi) is 4.96. The van der Waals surface area contributed by atoms with Gasteiger partial charge < -0.3 is 15.8 Å².